The first-order valence-electron chi connectivity index (χ1n) is 5.05. The number of aromatic nitrogens is 1. The number of nitro groups is 1. The number of hydrogen-bond acceptors (Lipinski definition) is 5. The van der Waals surface area contributed by atoms with Gasteiger partial charge in [0.2, 0.25) is 0 Å². The largest absolute Gasteiger partial charge is 0.481 e. The Morgan fingerprint density at radius 1 is 1.56 bits per heavy atom. The molecule has 0 N–H and O–H groups in total. The number of rotatable bonds is 4. The van der Waals surface area contributed by atoms with E-state index in [0.29, 0.717) is 10.0 Å². The Hall–Kier alpha value is -1.66. The summed E-state index contributed by atoms with van der Waals surface area (Å²) in [6.45, 7) is 1.89. The van der Waals surface area contributed by atoms with E-state index >= 15 is 0 Å². The van der Waals surface area contributed by atoms with Crippen LogP contribution >= 0.6 is 22.9 Å². The molecule has 0 radical (unpaired) electrons. The second-order valence-electron chi connectivity index (χ2n) is 3.55. The predicted octanol–water partition coefficient (Wildman–Crippen LogP) is 3.59. The van der Waals surface area contributed by atoms with Crippen molar-refractivity contribution in [1.82, 2.24) is 4.98 Å². The van der Waals surface area contributed by atoms with Crippen molar-refractivity contribution in [2.75, 3.05) is 0 Å². The van der Waals surface area contributed by atoms with Crippen LogP contribution < -0.4 is 4.74 Å². The predicted molar refractivity (Wildman–Crippen MR) is 69.3 cm³/mol. The molecule has 0 amide bonds. The molecular weight excluding hydrogens is 276 g/mol. The van der Waals surface area contributed by atoms with E-state index in [1.807, 2.05) is 0 Å². The molecule has 0 fully saturated rings. The maximum absolute atomic E-state index is 11.0. The monoisotopic (exact) mass is 284 g/mol. The second-order valence-corrected chi connectivity index (χ2v) is 5.24. The van der Waals surface area contributed by atoms with Crippen LogP contribution in [0.3, 0.4) is 0 Å². The van der Waals surface area contributed by atoms with Crippen molar-refractivity contribution in [3.8, 4) is 5.75 Å². The highest BCUT2D eigenvalue weighted by Gasteiger charge is 2.18. The number of ether oxygens (including phenoxy) is 1. The van der Waals surface area contributed by atoms with Gasteiger partial charge in [-0.15, -0.1) is 11.3 Å². The molecular formula is C11H9ClN2O3S. The van der Waals surface area contributed by atoms with Crippen molar-refractivity contribution in [3.63, 3.8) is 0 Å². The Morgan fingerprint density at radius 2 is 2.33 bits per heavy atom. The Labute approximate surface area is 112 Å². The molecule has 1 aromatic heterocycles. The third kappa shape index (κ3) is 2.77. The van der Waals surface area contributed by atoms with Crippen LogP contribution in [0.25, 0.3) is 0 Å². The van der Waals surface area contributed by atoms with Gasteiger partial charge in [-0.05, 0) is 13.0 Å². The SMILES string of the molecule is Cc1cccc(OCc2cnc(Cl)s2)c1[N+](=O)[O-]. The number of hydrogen-bond donors (Lipinski definition) is 0. The summed E-state index contributed by atoms with van der Waals surface area (Å²) in [7, 11) is 0. The van der Waals surface area contributed by atoms with Gasteiger partial charge in [0.15, 0.2) is 10.2 Å². The summed E-state index contributed by atoms with van der Waals surface area (Å²) in [6, 6.07) is 4.97. The second kappa shape index (κ2) is 5.32. The lowest BCUT2D eigenvalue weighted by Crippen LogP contribution is -1.99. The van der Waals surface area contributed by atoms with E-state index in [0.717, 1.165) is 4.88 Å². The summed E-state index contributed by atoms with van der Waals surface area (Å²) >= 11 is 6.98. The summed E-state index contributed by atoms with van der Waals surface area (Å²) in [4.78, 5) is 15.2. The van der Waals surface area contributed by atoms with E-state index in [1.54, 1.807) is 31.3 Å². The molecule has 0 aliphatic rings. The zero-order valence-electron chi connectivity index (χ0n) is 9.42. The number of halogens is 1. The fraction of sp³-hybridized carbons (Fsp3) is 0.182. The van der Waals surface area contributed by atoms with Gasteiger partial charge in [0.05, 0.1) is 9.80 Å². The third-order valence-corrected chi connectivity index (χ3v) is 3.37. The molecule has 2 rings (SSSR count). The van der Waals surface area contributed by atoms with Crippen LogP contribution in [0.15, 0.2) is 24.4 Å². The quantitative estimate of drug-likeness (QED) is 0.635. The van der Waals surface area contributed by atoms with E-state index in [4.69, 9.17) is 16.3 Å². The molecule has 0 saturated carbocycles. The molecule has 0 aliphatic carbocycles. The van der Waals surface area contributed by atoms with E-state index in [1.165, 1.54) is 11.3 Å². The number of nitro benzene ring substituents is 1. The molecule has 18 heavy (non-hydrogen) atoms. The maximum atomic E-state index is 11.0. The highest BCUT2D eigenvalue weighted by atomic mass is 35.5. The van der Waals surface area contributed by atoms with Crippen molar-refractivity contribution in [3.05, 3.63) is 49.4 Å². The molecule has 94 valence electrons. The first-order chi connectivity index (χ1) is 8.58. The van der Waals surface area contributed by atoms with Crippen molar-refractivity contribution >= 4 is 28.6 Å². The van der Waals surface area contributed by atoms with Crippen LogP contribution in [0, 0.1) is 17.0 Å². The van der Waals surface area contributed by atoms with Gasteiger partial charge in [-0.25, -0.2) is 4.98 Å². The molecule has 2 aromatic rings. The van der Waals surface area contributed by atoms with Gasteiger partial charge in [0, 0.05) is 11.8 Å². The molecule has 0 saturated heterocycles. The average Bonchev–Trinajstić information content (AvgIpc) is 2.72. The van der Waals surface area contributed by atoms with Crippen molar-refractivity contribution in [2.45, 2.75) is 13.5 Å². The van der Waals surface area contributed by atoms with Gasteiger partial charge in [-0.2, -0.15) is 0 Å². The summed E-state index contributed by atoms with van der Waals surface area (Å²) < 4.78 is 5.87. The Kier molecular flexibility index (Phi) is 3.78. The van der Waals surface area contributed by atoms with E-state index in [2.05, 4.69) is 4.98 Å². The van der Waals surface area contributed by atoms with Gasteiger partial charge in [0.1, 0.15) is 6.61 Å². The Balaban J connectivity index is 2.19. The van der Waals surface area contributed by atoms with Crippen molar-refractivity contribution < 1.29 is 9.66 Å². The number of para-hydroxylation sites is 1. The van der Waals surface area contributed by atoms with Crippen molar-refractivity contribution in [1.29, 1.82) is 0 Å². The molecule has 0 atom stereocenters. The van der Waals surface area contributed by atoms with Crippen LogP contribution in [0.4, 0.5) is 5.69 Å². The topological polar surface area (TPSA) is 65.3 Å². The van der Waals surface area contributed by atoms with Crippen LogP contribution in [-0.4, -0.2) is 9.91 Å². The van der Waals surface area contributed by atoms with Crippen LogP contribution in [0.2, 0.25) is 4.47 Å². The summed E-state index contributed by atoms with van der Waals surface area (Å²) in [5.41, 5.74) is 0.563. The zero-order chi connectivity index (χ0) is 13.1. The highest BCUT2D eigenvalue weighted by molar-refractivity contribution is 7.15. The maximum Gasteiger partial charge on any atom is 0.313 e. The number of aryl methyl sites for hydroxylation is 1. The molecule has 0 bridgehead atoms. The van der Waals surface area contributed by atoms with Gasteiger partial charge >= 0.3 is 5.69 Å². The zero-order valence-corrected chi connectivity index (χ0v) is 11.0. The van der Waals surface area contributed by atoms with Gasteiger partial charge < -0.3 is 4.74 Å². The Bertz CT molecular complexity index is 585. The smallest absolute Gasteiger partial charge is 0.313 e. The molecule has 5 nitrogen and oxygen atoms in total. The molecule has 1 heterocycles. The third-order valence-electron chi connectivity index (χ3n) is 2.28. The average molecular weight is 285 g/mol. The molecule has 1 aromatic carbocycles. The lowest BCUT2D eigenvalue weighted by atomic mass is 10.2. The van der Waals surface area contributed by atoms with E-state index in [-0.39, 0.29) is 18.0 Å². The van der Waals surface area contributed by atoms with Crippen molar-refractivity contribution in [2.24, 2.45) is 0 Å². The molecule has 7 heteroatoms. The summed E-state index contributed by atoms with van der Waals surface area (Å²) in [5.74, 6) is 0.254. The number of nitrogens with zero attached hydrogens (tertiary/aromatic N) is 2. The molecule has 0 spiro atoms. The fourth-order valence-electron chi connectivity index (χ4n) is 1.48. The fourth-order valence-corrected chi connectivity index (χ4v) is 2.37. The minimum Gasteiger partial charge on any atom is -0.481 e. The normalized spacial score (nSPS) is 10.3. The lowest BCUT2D eigenvalue weighted by molar-refractivity contribution is -0.386. The standard InChI is InChI=1S/C11H9ClN2O3S/c1-7-3-2-4-9(10(7)14(15)16)17-6-8-5-13-11(12)18-8/h2-5H,6H2,1H3. The first-order valence-corrected chi connectivity index (χ1v) is 6.24. The van der Waals surface area contributed by atoms with E-state index < -0.39 is 4.92 Å². The molecule has 0 unspecified atom stereocenters. The summed E-state index contributed by atoms with van der Waals surface area (Å²) in [5, 5.41) is 11.0. The number of benzene rings is 1. The summed E-state index contributed by atoms with van der Waals surface area (Å²) in [6.07, 6.45) is 1.59. The van der Waals surface area contributed by atoms with Gasteiger partial charge in [-0.1, -0.05) is 23.7 Å². The first kappa shape index (κ1) is 12.8. The minimum absolute atomic E-state index is 0.00638. The van der Waals surface area contributed by atoms with Gasteiger partial charge in [0.25, 0.3) is 0 Å². The van der Waals surface area contributed by atoms with Crippen LogP contribution in [0.1, 0.15) is 10.4 Å². The minimum atomic E-state index is -0.440. The number of thiazole rings is 1. The lowest BCUT2D eigenvalue weighted by Gasteiger charge is -2.06. The highest BCUT2D eigenvalue weighted by Crippen LogP contribution is 2.31. The van der Waals surface area contributed by atoms with E-state index in [9.17, 15) is 10.1 Å². The Morgan fingerprint density at radius 3 is 2.94 bits per heavy atom. The molecule has 0 aliphatic heterocycles. The van der Waals surface area contributed by atoms with Crippen LogP contribution in [0.5, 0.6) is 5.75 Å². The van der Waals surface area contributed by atoms with Gasteiger partial charge in [-0.3, -0.25) is 10.1 Å². The van der Waals surface area contributed by atoms with Crippen LogP contribution in [-0.2, 0) is 6.61 Å².